The van der Waals surface area contributed by atoms with Crippen molar-refractivity contribution in [2.24, 2.45) is 0 Å². The van der Waals surface area contributed by atoms with Gasteiger partial charge < -0.3 is 9.88 Å². The zero-order valence-electron chi connectivity index (χ0n) is 10.9. The number of β-lactam (4-membered cyclic amide) rings is 1. The van der Waals surface area contributed by atoms with Gasteiger partial charge in [0.1, 0.15) is 11.7 Å². The van der Waals surface area contributed by atoms with Crippen LogP contribution in [0.5, 0.6) is 0 Å². The number of rotatable bonds is 1. The number of H-pyrrole nitrogens is 1. The molecule has 2 aliphatic rings. The Bertz CT molecular complexity index is 845. The molecule has 0 spiro atoms. The maximum atomic E-state index is 14.7. The molecule has 1 aromatic heterocycles. The molecule has 3 heterocycles. The van der Waals surface area contributed by atoms with Gasteiger partial charge in [0.2, 0.25) is 5.91 Å². The molecule has 4 nitrogen and oxygen atoms in total. The number of hydrogen-bond donors (Lipinski definition) is 1. The van der Waals surface area contributed by atoms with Crippen molar-refractivity contribution in [3.63, 3.8) is 0 Å². The molecule has 0 saturated carbocycles. The largest absolute Gasteiger partial charge is 0.321 e. The maximum absolute atomic E-state index is 14.7. The number of halogens is 1. The summed E-state index contributed by atoms with van der Waals surface area (Å²) in [5.74, 6) is -0.739. The van der Waals surface area contributed by atoms with Crippen molar-refractivity contribution in [1.82, 2.24) is 9.88 Å². The summed E-state index contributed by atoms with van der Waals surface area (Å²) in [5, 5.41) is 0.161. The quantitative estimate of drug-likeness (QED) is 0.822. The molecule has 2 aliphatic heterocycles. The van der Waals surface area contributed by atoms with Crippen LogP contribution in [0.2, 0.25) is 0 Å². The molecule has 106 valence electrons. The number of amides is 1. The molecule has 0 aliphatic carbocycles. The van der Waals surface area contributed by atoms with Gasteiger partial charge in [-0.05, 0) is 12.1 Å². The minimum absolute atomic E-state index is 0.0391. The van der Waals surface area contributed by atoms with Gasteiger partial charge in [0.25, 0.3) is 5.56 Å². The number of hydrogen-bond acceptors (Lipinski definition) is 3. The minimum Gasteiger partial charge on any atom is -0.321 e. The number of para-hydroxylation sites is 1. The molecule has 1 N–H and O–H groups in total. The first-order chi connectivity index (χ1) is 10.2. The van der Waals surface area contributed by atoms with E-state index in [0.29, 0.717) is 10.9 Å². The van der Waals surface area contributed by atoms with Crippen LogP contribution in [0.25, 0.3) is 10.9 Å². The summed E-state index contributed by atoms with van der Waals surface area (Å²) in [6, 6.07) is 6.70. The van der Waals surface area contributed by atoms with Crippen molar-refractivity contribution in [3.05, 3.63) is 58.3 Å². The van der Waals surface area contributed by atoms with E-state index in [9.17, 15) is 14.0 Å². The second-order valence-electron chi connectivity index (χ2n) is 5.06. The zero-order valence-corrected chi connectivity index (χ0v) is 11.7. The highest BCUT2D eigenvalue weighted by Crippen LogP contribution is 2.44. The second-order valence-corrected chi connectivity index (χ2v) is 6.21. The van der Waals surface area contributed by atoms with Crippen LogP contribution in [0, 0.1) is 5.82 Å². The van der Waals surface area contributed by atoms with Gasteiger partial charge in [-0.25, -0.2) is 4.39 Å². The van der Waals surface area contributed by atoms with E-state index in [0.717, 1.165) is 5.75 Å². The van der Waals surface area contributed by atoms with Gasteiger partial charge in [-0.3, -0.25) is 9.59 Å². The Balaban J connectivity index is 1.90. The summed E-state index contributed by atoms with van der Waals surface area (Å²) in [6.07, 6.45) is 3.60. The number of nitrogens with one attached hydrogen (secondary N) is 1. The smallest absolute Gasteiger partial charge is 0.255 e. The molecule has 2 atom stereocenters. The number of pyridine rings is 1. The molecule has 1 fully saturated rings. The average Bonchev–Trinajstić information content (AvgIpc) is 2.51. The van der Waals surface area contributed by atoms with Crippen LogP contribution in [0.3, 0.4) is 0 Å². The van der Waals surface area contributed by atoms with Crippen molar-refractivity contribution in [3.8, 4) is 0 Å². The number of nitrogens with zero attached hydrogens (tertiary/aromatic N) is 1. The highest BCUT2D eigenvalue weighted by atomic mass is 32.2. The molecule has 1 amide bonds. The fourth-order valence-corrected chi connectivity index (χ4v) is 4.07. The Morgan fingerprint density at radius 2 is 2.10 bits per heavy atom. The van der Waals surface area contributed by atoms with E-state index < -0.39 is 17.3 Å². The topological polar surface area (TPSA) is 53.2 Å². The molecule has 6 heteroatoms. The summed E-state index contributed by atoms with van der Waals surface area (Å²) in [6.45, 7) is 0. The molecule has 0 bridgehead atoms. The Labute approximate surface area is 123 Å². The summed E-state index contributed by atoms with van der Waals surface area (Å²) in [4.78, 5) is 28.6. The third-order valence-electron chi connectivity index (χ3n) is 3.91. The van der Waals surface area contributed by atoms with E-state index in [2.05, 4.69) is 4.98 Å². The molecule has 2 aromatic rings. The van der Waals surface area contributed by atoms with Crippen LogP contribution in [-0.2, 0) is 4.79 Å². The van der Waals surface area contributed by atoms with Crippen LogP contribution in [0.15, 0.2) is 41.3 Å². The zero-order chi connectivity index (χ0) is 14.6. The average molecular weight is 302 g/mol. The van der Waals surface area contributed by atoms with E-state index in [1.54, 1.807) is 47.1 Å². The van der Waals surface area contributed by atoms with Gasteiger partial charge in [0, 0.05) is 17.3 Å². The van der Waals surface area contributed by atoms with Gasteiger partial charge >= 0.3 is 0 Å². The maximum Gasteiger partial charge on any atom is 0.255 e. The van der Waals surface area contributed by atoms with E-state index in [1.807, 2.05) is 6.08 Å². The highest BCUT2D eigenvalue weighted by molar-refractivity contribution is 8.00. The third kappa shape index (κ3) is 1.68. The molecular weight excluding hydrogens is 291 g/mol. The summed E-state index contributed by atoms with van der Waals surface area (Å²) >= 11 is 1.54. The first kappa shape index (κ1) is 12.6. The molecule has 0 radical (unpaired) electrons. The van der Waals surface area contributed by atoms with Gasteiger partial charge in [0.15, 0.2) is 0 Å². The summed E-state index contributed by atoms with van der Waals surface area (Å²) in [5.41, 5.74) is -0.106. The lowest BCUT2D eigenvalue weighted by Crippen LogP contribution is -2.57. The van der Waals surface area contributed by atoms with Crippen LogP contribution >= 0.6 is 11.8 Å². The molecule has 4 rings (SSSR count). The van der Waals surface area contributed by atoms with Gasteiger partial charge in [-0.1, -0.05) is 18.2 Å². The lowest BCUT2D eigenvalue weighted by Gasteiger charge is -2.46. The van der Waals surface area contributed by atoms with Crippen molar-refractivity contribution >= 4 is 28.6 Å². The highest BCUT2D eigenvalue weighted by Gasteiger charge is 2.50. The SMILES string of the molecule is O=C1C(c2c(F)c3ccccc3[nH]c2=O)[C@@H]2SCC=CN12. The Morgan fingerprint density at radius 3 is 2.95 bits per heavy atom. The van der Waals surface area contributed by atoms with Crippen LogP contribution < -0.4 is 5.56 Å². The number of benzene rings is 1. The normalized spacial score (nSPS) is 24.0. The first-order valence-corrected chi connectivity index (χ1v) is 7.64. The Morgan fingerprint density at radius 1 is 1.29 bits per heavy atom. The predicted molar refractivity (Wildman–Crippen MR) is 79.5 cm³/mol. The lowest BCUT2D eigenvalue weighted by molar-refractivity contribution is -0.140. The van der Waals surface area contributed by atoms with Crippen molar-refractivity contribution in [2.45, 2.75) is 11.3 Å². The van der Waals surface area contributed by atoms with Gasteiger partial charge in [0.05, 0.1) is 16.5 Å². The molecular formula is C15H11FN2O2S. The van der Waals surface area contributed by atoms with Crippen LogP contribution in [-0.4, -0.2) is 26.9 Å². The lowest BCUT2D eigenvalue weighted by atomic mass is 9.89. The summed E-state index contributed by atoms with van der Waals surface area (Å²) in [7, 11) is 0. The molecule has 1 saturated heterocycles. The minimum atomic E-state index is -0.701. The monoisotopic (exact) mass is 302 g/mol. The van der Waals surface area contributed by atoms with Crippen molar-refractivity contribution in [2.75, 3.05) is 5.75 Å². The molecule has 1 aromatic carbocycles. The number of aromatic nitrogens is 1. The summed E-state index contributed by atoms with van der Waals surface area (Å²) < 4.78 is 14.7. The number of carbonyl (C=O) groups excluding carboxylic acids is 1. The van der Waals surface area contributed by atoms with E-state index in [1.165, 1.54) is 0 Å². The van der Waals surface area contributed by atoms with Crippen molar-refractivity contribution in [1.29, 1.82) is 0 Å². The molecule has 21 heavy (non-hydrogen) atoms. The first-order valence-electron chi connectivity index (χ1n) is 6.59. The number of carbonyl (C=O) groups is 1. The van der Waals surface area contributed by atoms with E-state index in [4.69, 9.17) is 0 Å². The number of aromatic amines is 1. The fraction of sp³-hybridized carbons (Fsp3) is 0.200. The molecule has 1 unspecified atom stereocenters. The second kappa shape index (κ2) is 4.46. The predicted octanol–water partition coefficient (Wildman–Crippen LogP) is 2.18. The van der Waals surface area contributed by atoms with Gasteiger partial charge in [-0.15, -0.1) is 11.8 Å². The third-order valence-corrected chi connectivity index (χ3v) is 5.14. The van der Waals surface area contributed by atoms with Gasteiger partial charge in [-0.2, -0.15) is 0 Å². The number of fused-ring (bicyclic) bond motifs is 2. The van der Waals surface area contributed by atoms with Crippen LogP contribution in [0.4, 0.5) is 4.39 Å². The van der Waals surface area contributed by atoms with Crippen LogP contribution in [0.1, 0.15) is 11.5 Å². The Kier molecular flexibility index (Phi) is 2.68. The standard InChI is InChI=1S/C15H11FN2O2S/c16-12-8-4-1-2-5-9(8)17-13(19)10(12)11-14(20)18-6-3-7-21-15(11)18/h1-6,11,15H,7H2,(H,17,19)/t11?,15-/m0/s1. The Hall–Kier alpha value is -2.08. The van der Waals surface area contributed by atoms with Crippen molar-refractivity contribution < 1.29 is 9.18 Å². The van der Waals surface area contributed by atoms with E-state index in [-0.39, 0.29) is 16.8 Å². The van der Waals surface area contributed by atoms with E-state index >= 15 is 0 Å². The number of thioether (sulfide) groups is 1. The fourth-order valence-electron chi connectivity index (χ4n) is 2.89.